The van der Waals surface area contributed by atoms with E-state index in [1.165, 1.54) is 19.2 Å². The highest BCUT2D eigenvalue weighted by Crippen LogP contribution is 2.33. The second-order valence-electron chi connectivity index (χ2n) is 5.43. The van der Waals surface area contributed by atoms with Crippen LogP contribution in [0.25, 0.3) is 22.2 Å². The van der Waals surface area contributed by atoms with Crippen molar-refractivity contribution in [2.24, 2.45) is 0 Å². The summed E-state index contributed by atoms with van der Waals surface area (Å²) in [6.45, 7) is 0.586. The SMILES string of the molecule is COc1cc(C(=O)NCCSC)cc2c(-c3cccc(F)c3)n[nH]c12. The molecule has 3 rings (SSSR count). The van der Waals surface area contributed by atoms with E-state index < -0.39 is 0 Å². The summed E-state index contributed by atoms with van der Waals surface area (Å²) in [5.41, 5.74) is 2.35. The summed E-state index contributed by atoms with van der Waals surface area (Å²) >= 11 is 1.66. The molecule has 0 aliphatic rings. The average molecular weight is 359 g/mol. The molecule has 1 heterocycles. The van der Waals surface area contributed by atoms with Gasteiger partial charge in [-0.1, -0.05) is 12.1 Å². The van der Waals surface area contributed by atoms with Gasteiger partial charge in [-0.05, 0) is 30.5 Å². The van der Waals surface area contributed by atoms with Gasteiger partial charge >= 0.3 is 0 Å². The molecule has 0 unspecified atom stereocenters. The maximum absolute atomic E-state index is 13.6. The first-order chi connectivity index (χ1) is 12.1. The number of aromatic amines is 1. The molecule has 0 atom stereocenters. The lowest BCUT2D eigenvalue weighted by Crippen LogP contribution is -2.25. The summed E-state index contributed by atoms with van der Waals surface area (Å²) in [4.78, 5) is 12.4. The van der Waals surface area contributed by atoms with Crippen LogP contribution >= 0.6 is 11.8 Å². The standard InChI is InChI=1S/C18H18FN3O2S/c1-24-15-10-12(18(23)20-6-7-25-2)9-14-16(21-22-17(14)15)11-4-3-5-13(19)8-11/h3-5,8-10H,6-7H2,1-2H3,(H,20,23)(H,21,22). The summed E-state index contributed by atoms with van der Waals surface area (Å²) in [7, 11) is 1.53. The van der Waals surface area contributed by atoms with Gasteiger partial charge in [-0.2, -0.15) is 16.9 Å². The lowest BCUT2D eigenvalue weighted by molar-refractivity contribution is 0.0956. The number of H-pyrrole nitrogens is 1. The number of nitrogens with one attached hydrogen (secondary N) is 2. The van der Waals surface area contributed by atoms with Gasteiger partial charge in [0.25, 0.3) is 5.91 Å². The van der Waals surface area contributed by atoms with Crippen LogP contribution in [0.1, 0.15) is 10.4 Å². The molecule has 0 radical (unpaired) electrons. The highest BCUT2D eigenvalue weighted by molar-refractivity contribution is 7.98. The molecule has 25 heavy (non-hydrogen) atoms. The number of amides is 1. The van der Waals surface area contributed by atoms with E-state index >= 15 is 0 Å². The van der Waals surface area contributed by atoms with Gasteiger partial charge in [-0.25, -0.2) is 4.39 Å². The third kappa shape index (κ3) is 3.61. The smallest absolute Gasteiger partial charge is 0.251 e. The fourth-order valence-corrected chi connectivity index (χ4v) is 2.91. The number of methoxy groups -OCH3 is 1. The van der Waals surface area contributed by atoms with Gasteiger partial charge in [0.05, 0.1) is 7.11 Å². The predicted molar refractivity (Wildman–Crippen MR) is 98.8 cm³/mol. The predicted octanol–water partition coefficient (Wildman–Crippen LogP) is 3.47. The van der Waals surface area contributed by atoms with Crippen molar-refractivity contribution in [1.29, 1.82) is 0 Å². The van der Waals surface area contributed by atoms with Crippen LogP contribution in [0.4, 0.5) is 4.39 Å². The highest BCUT2D eigenvalue weighted by Gasteiger charge is 2.16. The van der Waals surface area contributed by atoms with Crippen LogP contribution in [0.15, 0.2) is 36.4 Å². The van der Waals surface area contributed by atoms with Crippen LogP contribution < -0.4 is 10.1 Å². The molecule has 5 nitrogen and oxygen atoms in total. The average Bonchev–Trinajstić information content (AvgIpc) is 3.05. The third-order valence-corrected chi connectivity index (χ3v) is 4.42. The number of rotatable bonds is 6. The summed E-state index contributed by atoms with van der Waals surface area (Å²) in [5, 5.41) is 10.8. The number of hydrogen-bond acceptors (Lipinski definition) is 4. The largest absolute Gasteiger partial charge is 0.494 e. The fourth-order valence-electron chi connectivity index (χ4n) is 2.61. The van der Waals surface area contributed by atoms with E-state index in [4.69, 9.17) is 4.74 Å². The number of halogens is 1. The second kappa shape index (κ2) is 7.57. The minimum Gasteiger partial charge on any atom is -0.494 e. The number of hydrogen-bond donors (Lipinski definition) is 2. The van der Waals surface area contributed by atoms with E-state index in [-0.39, 0.29) is 11.7 Å². The van der Waals surface area contributed by atoms with E-state index in [9.17, 15) is 9.18 Å². The number of fused-ring (bicyclic) bond motifs is 1. The Morgan fingerprint density at radius 1 is 1.36 bits per heavy atom. The fraction of sp³-hybridized carbons (Fsp3) is 0.222. The lowest BCUT2D eigenvalue weighted by atomic mass is 10.0. The number of thioether (sulfide) groups is 1. The van der Waals surface area contributed by atoms with Crippen molar-refractivity contribution in [3.05, 3.63) is 47.8 Å². The van der Waals surface area contributed by atoms with Crippen molar-refractivity contribution in [2.75, 3.05) is 25.7 Å². The van der Waals surface area contributed by atoms with E-state index in [0.717, 1.165) is 5.75 Å². The topological polar surface area (TPSA) is 67.0 Å². The normalized spacial score (nSPS) is 10.8. The molecule has 2 aromatic carbocycles. The number of nitrogens with zero attached hydrogens (tertiary/aromatic N) is 1. The summed E-state index contributed by atoms with van der Waals surface area (Å²) < 4.78 is 18.9. The minimum absolute atomic E-state index is 0.180. The van der Waals surface area contributed by atoms with E-state index in [1.807, 2.05) is 6.26 Å². The summed E-state index contributed by atoms with van der Waals surface area (Å²) in [6, 6.07) is 9.61. The number of aromatic nitrogens is 2. The number of carbonyl (C=O) groups excluding carboxylic acids is 1. The summed E-state index contributed by atoms with van der Waals surface area (Å²) in [5.74, 6) is 0.834. The van der Waals surface area contributed by atoms with Gasteiger partial charge in [0.1, 0.15) is 22.8 Å². The van der Waals surface area contributed by atoms with Crippen LogP contribution in [-0.4, -0.2) is 41.8 Å². The maximum Gasteiger partial charge on any atom is 0.251 e. The first-order valence-electron chi connectivity index (χ1n) is 7.73. The zero-order valence-corrected chi connectivity index (χ0v) is 14.7. The first kappa shape index (κ1) is 17.3. The highest BCUT2D eigenvalue weighted by atomic mass is 32.2. The van der Waals surface area contributed by atoms with Crippen LogP contribution in [0.2, 0.25) is 0 Å². The molecule has 0 aliphatic heterocycles. The zero-order chi connectivity index (χ0) is 17.8. The summed E-state index contributed by atoms with van der Waals surface area (Å²) in [6.07, 6.45) is 1.98. The Labute approximate surface area is 149 Å². The van der Waals surface area contributed by atoms with Crippen molar-refractivity contribution in [3.8, 4) is 17.0 Å². The second-order valence-corrected chi connectivity index (χ2v) is 6.42. The van der Waals surface area contributed by atoms with Gasteiger partial charge < -0.3 is 10.1 Å². The van der Waals surface area contributed by atoms with Gasteiger partial charge in [-0.15, -0.1) is 0 Å². The monoisotopic (exact) mass is 359 g/mol. The van der Waals surface area contributed by atoms with Gasteiger partial charge in [0.2, 0.25) is 0 Å². The van der Waals surface area contributed by atoms with Crippen molar-refractivity contribution >= 4 is 28.6 Å². The Bertz CT molecular complexity index is 910. The third-order valence-electron chi connectivity index (χ3n) is 3.81. The van der Waals surface area contributed by atoms with Crippen molar-refractivity contribution in [2.45, 2.75) is 0 Å². The molecule has 1 aromatic heterocycles. The molecule has 0 bridgehead atoms. The molecule has 3 aromatic rings. The Morgan fingerprint density at radius 3 is 2.92 bits per heavy atom. The number of carbonyl (C=O) groups is 1. The molecule has 7 heteroatoms. The van der Waals surface area contributed by atoms with Crippen molar-refractivity contribution < 1.29 is 13.9 Å². The van der Waals surface area contributed by atoms with Crippen LogP contribution in [0.3, 0.4) is 0 Å². The van der Waals surface area contributed by atoms with Gasteiger partial charge in [0.15, 0.2) is 0 Å². The first-order valence-corrected chi connectivity index (χ1v) is 9.12. The maximum atomic E-state index is 13.6. The molecule has 0 saturated carbocycles. The Hall–Kier alpha value is -2.54. The molecule has 0 aliphatic carbocycles. The Balaban J connectivity index is 2.06. The number of benzene rings is 2. The molecule has 0 spiro atoms. The van der Waals surface area contributed by atoms with E-state index in [0.29, 0.717) is 40.0 Å². The zero-order valence-electron chi connectivity index (χ0n) is 13.9. The molecule has 0 saturated heterocycles. The Morgan fingerprint density at radius 2 is 2.20 bits per heavy atom. The molecule has 0 fully saturated rings. The van der Waals surface area contributed by atoms with E-state index in [2.05, 4.69) is 15.5 Å². The molecular weight excluding hydrogens is 341 g/mol. The van der Waals surface area contributed by atoms with Crippen LogP contribution in [0, 0.1) is 5.82 Å². The van der Waals surface area contributed by atoms with Crippen LogP contribution in [0.5, 0.6) is 5.75 Å². The number of ether oxygens (including phenoxy) is 1. The molecule has 2 N–H and O–H groups in total. The lowest BCUT2D eigenvalue weighted by Gasteiger charge is -2.08. The van der Waals surface area contributed by atoms with Gasteiger partial charge in [0, 0.05) is 28.8 Å². The van der Waals surface area contributed by atoms with Crippen LogP contribution in [-0.2, 0) is 0 Å². The molecule has 130 valence electrons. The van der Waals surface area contributed by atoms with E-state index in [1.54, 1.807) is 36.0 Å². The molecule has 1 amide bonds. The van der Waals surface area contributed by atoms with Crippen molar-refractivity contribution in [1.82, 2.24) is 15.5 Å². The minimum atomic E-state index is -0.341. The Kier molecular flexibility index (Phi) is 5.23. The van der Waals surface area contributed by atoms with Gasteiger partial charge in [-0.3, -0.25) is 9.89 Å². The molecular formula is C18H18FN3O2S. The van der Waals surface area contributed by atoms with Crippen molar-refractivity contribution in [3.63, 3.8) is 0 Å². The quantitative estimate of drug-likeness (QED) is 0.662.